The van der Waals surface area contributed by atoms with Gasteiger partial charge in [0.25, 0.3) is 5.91 Å². The molecule has 0 radical (unpaired) electrons. The monoisotopic (exact) mass is 363 g/mol. The van der Waals surface area contributed by atoms with Crippen LogP contribution in [0.4, 0.5) is 5.69 Å². The fourth-order valence-corrected chi connectivity index (χ4v) is 2.42. The molecule has 0 atom stereocenters. The average Bonchev–Trinajstić information content (AvgIpc) is 2.69. The fourth-order valence-electron chi connectivity index (χ4n) is 2.42. The minimum atomic E-state index is -1.27. The van der Waals surface area contributed by atoms with Gasteiger partial charge in [-0.05, 0) is 48.0 Å². The molecule has 0 aliphatic heterocycles. The molecule has 6 nitrogen and oxygen atoms in total. The van der Waals surface area contributed by atoms with Gasteiger partial charge in [0.15, 0.2) is 0 Å². The molecule has 0 aromatic heterocycles. The van der Waals surface area contributed by atoms with Crippen LogP contribution in [0.25, 0.3) is 0 Å². The van der Waals surface area contributed by atoms with Crippen molar-refractivity contribution in [3.05, 3.63) is 89.5 Å². The summed E-state index contributed by atoms with van der Waals surface area (Å²) < 4.78 is 5.65. The van der Waals surface area contributed by atoms with Gasteiger partial charge in [0, 0.05) is 11.3 Å². The first-order valence-corrected chi connectivity index (χ1v) is 8.17. The highest BCUT2D eigenvalue weighted by atomic mass is 16.5. The number of nitrogens with one attached hydrogen (secondary N) is 1. The van der Waals surface area contributed by atoms with Crippen LogP contribution in [0, 0.1) is 0 Å². The lowest BCUT2D eigenvalue weighted by atomic mass is 10.1. The number of carboxylic acids is 1. The van der Waals surface area contributed by atoms with E-state index < -0.39 is 5.97 Å². The SMILES string of the molecule is O=C(Nc1ccc(O)c(C(=O)O)c1)c1ccc(COc2ccccc2)cc1. The van der Waals surface area contributed by atoms with E-state index in [2.05, 4.69) is 5.32 Å². The van der Waals surface area contributed by atoms with Gasteiger partial charge in [-0.2, -0.15) is 0 Å². The largest absolute Gasteiger partial charge is 0.507 e. The summed E-state index contributed by atoms with van der Waals surface area (Å²) in [4.78, 5) is 23.4. The van der Waals surface area contributed by atoms with Crippen LogP contribution >= 0.6 is 0 Å². The summed E-state index contributed by atoms with van der Waals surface area (Å²) in [7, 11) is 0. The molecule has 136 valence electrons. The Bertz CT molecular complexity index is 952. The van der Waals surface area contributed by atoms with Crippen molar-refractivity contribution in [2.75, 3.05) is 5.32 Å². The molecule has 3 rings (SSSR count). The molecule has 0 bridgehead atoms. The van der Waals surface area contributed by atoms with E-state index in [0.717, 1.165) is 11.3 Å². The molecule has 3 aromatic carbocycles. The number of carboxylic acid groups (broad SMARTS) is 1. The number of benzene rings is 3. The van der Waals surface area contributed by atoms with E-state index >= 15 is 0 Å². The number of hydrogen-bond acceptors (Lipinski definition) is 4. The highest BCUT2D eigenvalue weighted by Crippen LogP contribution is 2.22. The van der Waals surface area contributed by atoms with Crippen LogP contribution in [-0.2, 0) is 6.61 Å². The molecular formula is C21H17NO5. The van der Waals surface area contributed by atoms with Crippen molar-refractivity contribution in [3.63, 3.8) is 0 Å². The van der Waals surface area contributed by atoms with Crippen LogP contribution in [0.3, 0.4) is 0 Å². The van der Waals surface area contributed by atoms with E-state index in [1.54, 1.807) is 24.3 Å². The number of rotatable bonds is 6. The molecule has 1 amide bonds. The number of anilines is 1. The number of phenols is 1. The molecule has 0 spiro atoms. The van der Waals surface area contributed by atoms with Gasteiger partial charge in [0.05, 0.1) is 0 Å². The molecule has 0 heterocycles. The minimum Gasteiger partial charge on any atom is -0.507 e. The normalized spacial score (nSPS) is 10.2. The Morgan fingerprint density at radius 2 is 1.63 bits per heavy atom. The number of aromatic hydroxyl groups is 1. The van der Waals surface area contributed by atoms with Gasteiger partial charge in [0.2, 0.25) is 0 Å². The summed E-state index contributed by atoms with van der Waals surface area (Å²) in [5.41, 5.74) is 1.34. The Hall–Kier alpha value is -3.80. The fraction of sp³-hybridized carbons (Fsp3) is 0.0476. The molecule has 6 heteroatoms. The van der Waals surface area contributed by atoms with E-state index in [-0.39, 0.29) is 22.9 Å². The third-order valence-electron chi connectivity index (χ3n) is 3.85. The number of carbonyl (C=O) groups is 2. The van der Waals surface area contributed by atoms with Crippen molar-refractivity contribution in [2.24, 2.45) is 0 Å². The van der Waals surface area contributed by atoms with Crippen molar-refractivity contribution < 1.29 is 24.5 Å². The third-order valence-corrected chi connectivity index (χ3v) is 3.85. The highest BCUT2D eigenvalue weighted by Gasteiger charge is 2.12. The Balaban J connectivity index is 1.64. The maximum absolute atomic E-state index is 12.3. The van der Waals surface area contributed by atoms with Crippen molar-refractivity contribution >= 4 is 17.6 Å². The molecule has 0 saturated carbocycles. The van der Waals surface area contributed by atoms with Crippen LogP contribution in [0.1, 0.15) is 26.3 Å². The second-order valence-electron chi connectivity index (χ2n) is 5.79. The van der Waals surface area contributed by atoms with Crippen molar-refractivity contribution in [2.45, 2.75) is 6.61 Å². The Labute approximate surface area is 155 Å². The van der Waals surface area contributed by atoms with E-state index in [0.29, 0.717) is 12.2 Å². The zero-order chi connectivity index (χ0) is 19.2. The van der Waals surface area contributed by atoms with E-state index in [1.165, 1.54) is 18.2 Å². The first-order chi connectivity index (χ1) is 13.0. The van der Waals surface area contributed by atoms with Crippen LogP contribution in [0.5, 0.6) is 11.5 Å². The second kappa shape index (κ2) is 8.05. The van der Waals surface area contributed by atoms with Crippen LogP contribution in [0.15, 0.2) is 72.8 Å². The highest BCUT2D eigenvalue weighted by molar-refractivity contribution is 6.05. The number of amides is 1. The van der Waals surface area contributed by atoms with E-state index in [1.807, 2.05) is 30.3 Å². The Morgan fingerprint density at radius 1 is 0.926 bits per heavy atom. The zero-order valence-corrected chi connectivity index (χ0v) is 14.3. The van der Waals surface area contributed by atoms with E-state index in [9.17, 15) is 14.7 Å². The van der Waals surface area contributed by atoms with Gasteiger partial charge in [-0.3, -0.25) is 4.79 Å². The summed E-state index contributed by atoms with van der Waals surface area (Å²) in [6, 6.07) is 20.2. The summed E-state index contributed by atoms with van der Waals surface area (Å²) in [5.74, 6) is -1.25. The quantitative estimate of drug-likeness (QED) is 0.577. The van der Waals surface area contributed by atoms with Gasteiger partial charge in [0.1, 0.15) is 23.7 Å². The Morgan fingerprint density at radius 3 is 2.30 bits per heavy atom. The van der Waals surface area contributed by atoms with Gasteiger partial charge in [-0.15, -0.1) is 0 Å². The molecule has 3 aromatic rings. The number of aromatic carboxylic acids is 1. The van der Waals surface area contributed by atoms with E-state index in [4.69, 9.17) is 9.84 Å². The van der Waals surface area contributed by atoms with Crippen LogP contribution in [-0.4, -0.2) is 22.1 Å². The molecular weight excluding hydrogens is 346 g/mol. The summed E-state index contributed by atoms with van der Waals surface area (Å²) >= 11 is 0. The van der Waals surface area contributed by atoms with Gasteiger partial charge in [-0.1, -0.05) is 30.3 Å². The topological polar surface area (TPSA) is 95.9 Å². The smallest absolute Gasteiger partial charge is 0.339 e. The molecule has 0 saturated heterocycles. The zero-order valence-electron chi connectivity index (χ0n) is 14.3. The summed E-state index contributed by atoms with van der Waals surface area (Å²) in [6.07, 6.45) is 0. The number of carbonyl (C=O) groups excluding carboxylic acids is 1. The van der Waals surface area contributed by atoms with Crippen molar-refractivity contribution in [3.8, 4) is 11.5 Å². The minimum absolute atomic E-state index is 0.277. The third kappa shape index (κ3) is 4.64. The van der Waals surface area contributed by atoms with Crippen LogP contribution < -0.4 is 10.1 Å². The summed E-state index contributed by atoms with van der Waals surface area (Å²) in [5, 5.41) is 21.1. The molecule has 0 aliphatic carbocycles. The van der Waals surface area contributed by atoms with Gasteiger partial charge in [-0.25, -0.2) is 4.79 Å². The number of ether oxygens (including phenoxy) is 1. The first kappa shape index (κ1) is 18.0. The van der Waals surface area contributed by atoms with Crippen LogP contribution in [0.2, 0.25) is 0 Å². The molecule has 27 heavy (non-hydrogen) atoms. The maximum Gasteiger partial charge on any atom is 0.339 e. The molecule has 3 N–H and O–H groups in total. The molecule has 0 fully saturated rings. The van der Waals surface area contributed by atoms with Crippen molar-refractivity contribution in [1.82, 2.24) is 0 Å². The predicted octanol–water partition coefficient (Wildman–Crippen LogP) is 3.92. The lowest BCUT2D eigenvalue weighted by molar-refractivity contribution is 0.0693. The maximum atomic E-state index is 12.3. The molecule has 0 unspecified atom stereocenters. The van der Waals surface area contributed by atoms with Gasteiger partial charge >= 0.3 is 5.97 Å². The second-order valence-corrected chi connectivity index (χ2v) is 5.79. The summed E-state index contributed by atoms with van der Waals surface area (Å²) in [6.45, 7) is 0.381. The Kier molecular flexibility index (Phi) is 5.37. The predicted molar refractivity (Wildman–Crippen MR) is 100 cm³/mol. The average molecular weight is 363 g/mol. The first-order valence-electron chi connectivity index (χ1n) is 8.17. The lowest BCUT2D eigenvalue weighted by Crippen LogP contribution is -2.12. The number of para-hydroxylation sites is 1. The van der Waals surface area contributed by atoms with Gasteiger partial charge < -0.3 is 20.3 Å². The standard InChI is InChI=1S/C21H17NO5/c23-19-11-10-16(12-18(19)21(25)26)22-20(24)15-8-6-14(7-9-15)13-27-17-4-2-1-3-5-17/h1-12,23H,13H2,(H,22,24)(H,25,26). The number of hydrogen-bond donors (Lipinski definition) is 3. The molecule has 0 aliphatic rings. The van der Waals surface area contributed by atoms with Crippen molar-refractivity contribution in [1.29, 1.82) is 0 Å². The lowest BCUT2D eigenvalue weighted by Gasteiger charge is -2.09.